The zero-order valence-electron chi connectivity index (χ0n) is 16.3. The largest absolute Gasteiger partial charge is 0.349 e. The highest BCUT2D eigenvalue weighted by Crippen LogP contribution is 2.60. The fraction of sp³-hybridized carbons (Fsp3) is 0.545. The summed E-state index contributed by atoms with van der Waals surface area (Å²) in [7, 11) is 0. The van der Waals surface area contributed by atoms with Crippen LogP contribution >= 0.6 is 0 Å². The third-order valence-electron chi connectivity index (χ3n) is 5.87. The summed E-state index contributed by atoms with van der Waals surface area (Å²) in [5.74, 6) is 0.719. The van der Waals surface area contributed by atoms with Gasteiger partial charge in [-0.2, -0.15) is 0 Å². The molecule has 0 spiro atoms. The number of nitrogens with one attached hydrogen (secondary N) is 1. The number of piperidine rings is 1. The van der Waals surface area contributed by atoms with Crippen LogP contribution in [0.4, 0.5) is 0 Å². The molecule has 1 N–H and O–H groups in total. The van der Waals surface area contributed by atoms with Crippen LogP contribution in [0.25, 0.3) is 0 Å². The van der Waals surface area contributed by atoms with Crippen molar-refractivity contribution in [2.24, 2.45) is 17.3 Å². The Morgan fingerprint density at radius 2 is 1.73 bits per heavy atom. The van der Waals surface area contributed by atoms with Gasteiger partial charge in [-0.05, 0) is 50.2 Å². The minimum Gasteiger partial charge on any atom is -0.349 e. The Labute approximate surface area is 156 Å². The third kappa shape index (κ3) is 3.84. The van der Waals surface area contributed by atoms with E-state index < -0.39 is 0 Å². The highest BCUT2D eigenvalue weighted by molar-refractivity contribution is 5.94. The van der Waals surface area contributed by atoms with Gasteiger partial charge in [0.15, 0.2) is 0 Å². The second-order valence-corrected chi connectivity index (χ2v) is 8.51. The number of benzene rings is 1. The highest BCUT2D eigenvalue weighted by atomic mass is 16.2. The van der Waals surface area contributed by atoms with E-state index in [1.807, 2.05) is 35.2 Å². The van der Waals surface area contributed by atoms with Crippen LogP contribution in [0.5, 0.6) is 0 Å². The Hall–Kier alpha value is -2.10. The molecule has 2 fully saturated rings. The topological polar surface area (TPSA) is 49.4 Å². The van der Waals surface area contributed by atoms with E-state index in [0.717, 1.165) is 25.9 Å². The predicted molar refractivity (Wildman–Crippen MR) is 104 cm³/mol. The fourth-order valence-electron chi connectivity index (χ4n) is 4.12. The maximum Gasteiger partial charge on any atom is 0.251 e. The lowest BCUT2D eigenvalue weighted by Crippen LogP contribution is -2.47. The number of rotatable bonds is 4. The van der Waals surface area contributed by atoms with Crippen LogP contribution in [0.3, 0.4) is 0 Å². The van der Waals surface area contributed by atoms with Gasteiger partial charge in [0.05, 0.1) is 5.92 Å². The van der Waals surface area contributed by atoms with Crippen molar-refractivity contribution in [1.82, 2.24) is 10.2 Å². The first kappa shape index (κ1) is 18.7. The molecule has 1 saturated heterocycles. The molecule has 1 aliphatic carbocycles. The van der Waals surface area contributed by atoms with Crippen molar-refractivity contribution in [3.63, 3.8) is 0 Å². The van der Waals surface area contributed by atoms with Crippen molar-refractivity contribution in [3.05, 3.63) is 47.5 Å². The van der Waals surface area contributed by atoms with Gasteiger partial charge in [0.2, 0.25) is 5.91 Å². The molecule has 1 saturated carbocycles. The second kappa shape index (κ2) is 7.26. The van der Waals surface area contributed by atoms with Crippen LogP contribution in [0.1, 0.15) is 50.9 Å². The lowest BCUT2D eigenvalue weighted by Gasteiger charge is -2.33. The molecule has 1 aliphatic heterocycles. The van der Waals surface area contributed by atoms with Gasteiger partial charge in [-0.15, -0.1) is 0 Å². The zero-order chi connectivity index (χ0) is 18.9. The van der Waals surface area contributed by atoms with E-state index in [0.29, 0.717) is 11.5 Å². The molecular formula is C22H30N2O2. The smallest absolute Gasteiger partial charge is 0.251 e. The second-order valence-electron chi connectivity index (χ2n) is 8.51. The molecule has 4 nitrogen and oxygen atoms in total. The Bertz CT molecular complexity index is 696. The average Bonchev–Trinajstić information content (AvgIpc) is 3.15. The first-order chi connectivity index (χ1) is 12.3. The summed E-state index contributed by atoms with van der Waals surface area (Å²) in [6, 6.07) is 9.45. The van der Waals surface area contributed by atoms with E-state index in [9.17, 15) is 9.59 Å². The molecule has 2 atom stereocenters. The summed E-state index contributed by atoms with van der Waals surface area (Å²) in [6.07, 6.45) is 3.89. The summed E-state index contributed by atoms with van der Waals surface area (Å²) in [4.78, 5) is 27.2. The SMILES string of the molecule is CC(C)=C[C@H]1[C@H](C(=O)N2CCC(NC(=O)c3ccccc3)CC2)C1(C)C. The van der Waals surface area contributed by atoms with Crippen molar-refractivity contribution in [1.29, 1.82) is 0 Å². The summed E-state index contributed by atoms with van der Waals surface area (Å²) >= 11 is 0. The zero-order valence-corrected chi connectivity index (χ0v) is 16.3. The number of carbonyl (C=O) groups excluding carboxylic acids is 2. The number of allylic oxidation sites excluding steroid dienone is 2. The standard InChI is InChI=1S/C22H30N2O2/c1-15(2)14-18-19(22(18,3)4)21(26)24-12-10-17(11-13-24)23-20(25)16-8-6-5-7-9-16/h5-9,14,17-19H,10-13H2,1-4H3,(H,23,25)/t18-,19+/m0/s1. The van der Waals surface area contributed by atoms with Gasteiger partial charge in [0, 0.05) is 24.7 Å². The van der Waals surface area contributed by atoms with Crippen molar-refractivity contribution in [2.75, 3.05) is 13.1 Å². The Morgan fingerprint density at radius 3 is 2.31 bits per heavy atom. The quantitative estimate of drug-likeness (QED) is 0.839. The molecule has 0 aromatic heterocycles. The normalized spacial score (nSPS) is 24.7. The van der Waals surface area contributed by atoms with E-state index in [1.54, 1.807) is 0 Å². The number of likely N-dealkylation sites (tertiary alicyclic amines) is 1. The fourth-order valence-corrected chi connectivity index (χ4v) is 4.12. The number of hydrogen-bond donors (Lipinski definition) is 1. The average molecular weight is 354 g/mol. The summed E-state index contributed by atoms with van der Waals surface area (Å²) in [5.41, 5.74) is 2.03. The maximum atomic E-state index is 12.9. The van der Waals surface area contributed by atoms with Gasteiger partial charge in [0.1, 0.15) is 0 Å². The van der Waals surface area contributed by atoms with Crippen LogP contribution in [-0.2, 0) is 4.79 Å². The van der Waals surface area contributed by atoms with Crippen LogP contribution in [0.15, 0.2) is 42.0 Å². The van der Waals surface area contributed by atoms with Crippen LogP contribution < -0.4 is 5.32 Å². The lowest BCUT2D eigenvalue weighted by molar-refractivity contribution is -0.134. The summed E-state index contributed by atoms with van der Waals surface area (Å²) in [6.45, 7) is 10.0. The van der Waals surface area contributed by atoms with Gasteiger partial charge in [-0.25, -0.2) is 0 Å². The minimum absolute atomic E-state index is 0.0256. The van der Waals surface area contributed by atoms with Gasteiger partial charge in [-0.3, -0.25) is 9.59 Å². The molecule has 1 aromatic carbocycles. The predicted octanol–water partition coefficient (Wildman–Crippen LogP) is 3.65. The Kier molecular flexibility index (Phi) is 5.22. The summed E-state index contributed by atoms with van der Waals surface area (Å²) < 4.78 is 0. The van der Waals surface area contributed by atoms with E-state index in [1.165, 1.54) is 5.57 Å². The third-order valence-corrected chi connectivity index (χ3v) is 5.87. The molecule has 0 unspecified atom stereocenters. The molecule has 3 rings (SSSR count). The molecule has 4 heteroatoms. The lowest BCUT2D eigenvalue weighted by atomic mass is 10.0. The van der Waals surface area contributed by atoms with Crippen molar-refractivity contribution in [2.45, 2.75) is 46.6 Å². The first-order valence-corrected chi connectivity index (χ1v) is 9.60. The Balaban J connectivity index is 1.52. The van der Waals surface area contributed by atoms with Crippen LogP contribution in [0.2, 0.25) is 0 Å². The molecule has 1 heterocycles. The number of carbonyl (C=O) groups is 2. The molecule has 26 heavy (non-hydrogen) atoms. The maximum absolute atomic E-state index is 12.9. The van der Waals surface area contributed by atoms with Gasteiger partial charge in [0.25, 0.3) is 5.91 Å². The van der Waals surface area contributed by atoms with Crippen LogP contribution in [0, 0.1) is 17.3 Å². The minimum atomic E-state index is -0.0256. The van der Waals surface area contributed by atoms with E-state index in [2.05, 4.69) is 39.1 Å². The Morgan fingerprint density at radius 1 is 1.12 bits per heavy atom. The summed E-state index contributed by atoms with van der Waals surface area (Å²) in [5, 5.41) is 3.10. The molecule has 2 aliphatic rings. The monoisotopic (exact) mass is 354 g/mol. The highest BCUT2D eigenvalue weighted by Gasteiger charge is 2.61. The van der Waals surface area contributed by atoms with Crippen molar-refractivity contribution in [3.8, 4) is 0 Å². The number of hydrogen-bond acceptors (Lipinski definition) is 2. The van der Waals surface area contributed by atoms with Gasteiger partial charge < -0.3 is 10.2 Å². The number of amides is 2. The molecule has 0 radical (unpaired) electrons. The van der Waals surface area contributed by atoms with E-state index in [-0.39, 0.29) is 29.2 Å². The molecular weight excluding hydrogens is 324 g/mol. The van der Waals surface area contributed by atoms with E-state index in [4.69, 9.17) is 0 Å². The number of nitrogens with zero attached hydrogens (tertiary/aromatic N) is 1. The van der Waals surface area contributed by atoms with Gasteiger partial charge in [-0.1, -0.05) is 43.7 Å². The van der Waals surface area contributed by atoms with Crippen LogP contribution in [-0.4, -0.2) is 35.8 Å². The van der Waals surface area contributed by atoms with Crippen molar-refractivity contribution >= 4 is 11.8 Å². The molecule has 2 amide bonds. The first-order valence-electron chi connectivity index (χ1n) is 9.60. The molecule has 140 valence electrons. The van der Waals surface area contributed by atoms with Crippen molar-refractivity contribution < 1.29 is 9.59 Å². The van der Waals surface area contributed by atoms with Gasteiger partial charge >= 0.3 is 0 Å². The molecule has 1 aromatic rings. The molecule has 0 bridgehead atoms. The van der Waals surface area contributed by atoms with E-state index >= 15 is 0 Å².